The van der Waals surface area contributed by atoms with Gasteiger partial charge in [-0.1, -0.05) is 28.1 Å². The van der Waals surface area contributed by atoms with Gasteiger partial charge in [0.15, 0.2) is 6.19 Å². The topological polar surface area (TPSA) is 52.9 Å². The molecule has 1 N–H and O–H groups in total. The van der Waals surface area contributed by atoms with Crippen molar-refractivity contribution in [3.8, 4) is 6.19 Å². The van der Waals surface area contributed by atoms with Crippen LogP contribution in [0.15, 0.2) is 40.9 Å². The van der Waals surface area contributed by atoms with Gasteiger partial charge in [-0.05, 0) is 35.0 Å². The molecule has 0 bridgehead atoms. The third kappa shape index (κ3) is 2.05. The highest BCUT2D eigenvalue weighted by atomic mass is 79.9. The molecule has 0 fully saturated rings. The third-order valence-corrected chi connectivity index (χ3v) is 2.73. The fourth-order valence-electron chi connectivity index (χ4n) is 1.48. The second-order valence-electron chi connectivity index (χ2n) is 3.27. The first-order valence-electron chi connectivity index (χ1n) is 4.59. The summed E-state index contributed by atoms with van der Waals surface area (Å²) in [5.41, 5.74) is 0.483. The summed E-state index contributed by atoms with van der Waals surface area (Å²) in [6, 6.07) is 11.1. The maximum absolute atomic E-state index is 11.4. The lowest BCUT2D eigenvalue weighted by Crippen LogP contribution is -2.16. The van der Waals surface area contributed by atoms with Crippen LogP contribution in [0, 0.1) is 11.5 Å². The van der Waals surface area contributed by atoms with E-state index in [9.17, 15) is 4.79 Å². The van der Waals surface area contributed by atoms with Gasteiger partial charge in [-0.2, -0.15) is 5.26 Å². The van der Waals surface area contributed by atoms with Crippen LogP contribution in [0.1, 0.15) is 10.4 Å². The molecule has 0 saturated carbocycles. The van der Waals surface area contributed by atoms with E-state index in [0.717, 1.165) is 15.2 Å². The normalized spacial score (nSPS) is 9.75. The number of nitrogens with one attached hydrogen (secondary N) is 1. The molecule has 3 nitrogen and oxygen atoms in total. The van der Waals surface area contributed by atoms with Crippen molar-refractivity contribution in [1.29, 1.82) is 5.26 Å². The summed E-state index contributed by atoms with van der Waals surface area (Å²) >= 11 is 3.38. The van der Waals surface area contributed by atoms with Gasteiger partial charge in [0.1, 0.15) is 0 Å². The number of halogens is 1. The van der Waals surface area contributed by atoms with E-state index in [1.165, 1.54) is 0 Å². The zero-order chi connectivity index (χ0) is 11.5. The van der Waals surface area contributed by atoms with Crippen molar-refractivity contribution in [3.63, 3.8) is 0 Å². The number of nitriles is 1. The van der Waals surface area contributed by atoms with E-state index in [0.29, 0.717) is 5.56 Å². The standard InChI is InChI=1S/C12H7BrN2O/c13-11-4-3-8-5-10(12(16)15-7-14)2-1-9(8)6-11/h1-6H,(H,15,16). The van der Waals surface area contributed by atoms with Gasteiger partial charge in [0.25, 0.3) is 5.91 Å². The molecule has 78 valence electrons. The maximum Gasteiger partial charge on any atom is 0.264 e. The van der Waals surface area contributed by atoms with E-state index in [2.05, 4.69) is 21.2 Å². The van der Waals surface area contributed by atoms with Crippen LogP contribution in [-0.4, -0.2) is 5.91 Å². The van der Waals surface area contributed by atoms with Crippen LogP contribution in [-0.2, 0) is 0 Å². The predicted molar refractivity (Wildman–Crippen MR) is 64.7 cm³/mol. The molecular formula is C12H7BrN2O. The number of hydrogen-bond donors (Lipinski definition) is 1. The lowest BCUT2D eigenvalue weighted by atomic mass is 10.1. The summed E-state index contributed by atoms with van der Waals surface area (Å²) in [5, 5.41) is 12.5. The highest BCUT2D eigenvalue weighted by Gasteiger charge is 2.05. The molecule has 0 spiro atoms. The van der Waals surface area contributed by atoms with E-state index in [4.69, 9.17) is 5.26 Å². The summed E-state index contributed by atoms with van der Waals surface area (Å²) in [5.74, 6) is -0.382. The number of benzene rings is 2. The first-order valence-corrected chi connectivity index (χ1v) is 5.39. The second-order valence-corrected chi connectivity index (χ2v) is 4.19. The summed E-state index contributed by atoms with van der Waals surface area (Å²) in [6.07, 6.45) is 1.62. The minimum absolute atomic E-state index is 0.382. The number of amides is 1. The van der Waals surface area contributed by atoms with Crippen molar-refractivity contribution in [2.75, 3.05) is 0 Å². The van der Waals surface area contributed by atoms with Gasteiger partial charge in [0.2, 0.25) is 0 Å². The van der Waals surface area contributed by atoms with Gasteiger partial charge in [0.05, 0.1) is 0 Å². The molecular weight excluding hydrogens is 268 g/mol. The fraction of sp³-hybridized carbons (Fsp3) is 0. The van der Waals surface area contributed by atoms with Crippen LogP contribution in [0.5, 0.6) is 0 Å². The Morgan fingerprint density at radius 3 is 2.62 bits per heavy atom. The summed E-state index contributed by atoms with van der Waals surface area (Å²) in [7, 11) is 0. The van der Waals surface area contributed by atoms with Crippen LogP contribution in [0.3, 0.4) is 0 Å². The number of fused-ring (bicyclic) bond motifs is 1. The Morgan fingerprint density at radius 1 is 1.19 bits per heavy atom. The van der Waals surface area contributed by atoms with Crippen molar-refractivity contribution in [2.45, 2.75) is 0 Å². The summed E-state index contributed by atoms with van der Waals surface area (Å²) in [4.78, 5) is 11.4. The van der Waals surface area contributed by atoms with Crippen molar-refractivity contribution < 1.29 is 4.79 Å². The monoisotopic (exact) mass is 274 g/mol. The average molecular weight is 275 g/mol. The van der Waals surface area contributed by atoms with E-state index in [-0.39, 0.29) is 5.91 Å². The molecule has 0 aromatic heterocycles. The Morgan fingerprint density at radius 2 is 1.88 bits per heavy atom. The summed E-state index contributed by atoms with van der Waals surface area (Å²) in [6.45, 7) is 0. The molecule has 0 aliphatic heterocycles. The lowest BCUT2D eigenvalue weighted by Gasteiger charge is -2.02. The van der Waals surface area contributed by atoms with Gasteiger partial charge in [-0.3, -0.25) is 10.1 Å². The Bertz CT molecular complexity index is 601. The molecule has 2 rings (SSSR count). The first-order chi connectivity index (χ1) is 7.70. The molecule has 2 aromatic rings. The molecule has 0 heterocycles. The van der Waals surface area contributed by atoms with Crippen LogP contribution >= 0.6 is 15.9 Å². The molecule has 0 aliphatic carbocycles. The molecule has 16 heavy (non-hydrogen) atoms. The van der Waals surface area contributed by atoms with Crippen LogP contribution in [0.2, 0.25) is 0 Å². The Balaban J connectivity index is 2.49. The van der Waals surface area contributed by atoms with Crippen molar-refractivity contribution in [1.82, 2.24) is 5.32 Å². The fourth-order valence-corrected chi connectivity index (χ4v) is 1.86. The smallest absolute Gasteiger partial charge is 0.264 e. The van der Waals surface area contributed by atoms with Gasteiger partial charge in [-0.25, -0.2) is 0 Å². The first kappa shape index (κ1) is 10.7. The van der Waals surface area contributed by atoms with Crippen molar-refractivity contribution >= 4 is 32.6 Å². The summed E-state index contributed by atoms with van der Waals surface area (Å²) < 4.78 is 0.995. The van der Waals surface area contributed by atoms with Crippen molar-refractivity contribution in [2.24, 2.45) is 0 Å². The van der Waals surface area contributed by atoms with E-state index < -0.39 is 0 Å². The molecule has 0 unspecified atom stereocenters. The quantitative estimate of drug-likeness (QED) is 0.642. The number of carbonyl (C=O) groups excluding carboxylic acids is 1. The molecule has 2 aromatic carbocycles. The number of carbonyl (C=O) groups is 1. The minimum Gasteiger partial charge on any atom is -0.268 e. The van der Waals surface area contributed by atoms with Gasteiger partial charge < -0.3 is 0 Å². The molecule has 0 aliphatic rings. The van der Waals surface area contributed by atoms with Gasteiger partial charge >= 0.3 is 0 Å². The predicted octanol–water partition coefficient (Wildman–Crippen LogP) is 2.81. The Hall–Kier alpha value is -1.86. The average Bonchev–Trinajstić information content (AvgIpc) is 2.28. The van der Waals surface area contributed by atoms with Gasteiger partial charge in [-0.15, -0.1) is 0 Å². The minimum atomic E-state index is -0.382. The molecule has 0 saturated heterocycles. The van der Waals surface area contributed by atoms with Gasteiger partial charge in [0, 0.05) is 10.0 Å². The molecule has 1 amide bonds. The largest absolute Gasteiger partial charge is 0.268 e. The Kier molecular flexibility index (Phi) is 2.88. The van der Waals surface area contributed by atoms with Crippen LogP contribution in [0.4, 0.5) is 0 Å². The maximum atomic E-state index is 11.4. The lowest BCUT2D eigenvalue weighted by molar-refractivity contribution is 0.0973. The van der Waals surface area contributed by atoms with Crippen LogP contribution in [0.25, 0.3) is 10.8 Å². The SMILES string of the molecule is N#CNC(=O)c1ccc2cc(Br)ccc2c1. The van der Waals surface area contributed by atoms with E-state index in [1.807, 2.05) is 24.3 Å². The Labute approximate surface area is 101 Å². The third-order valence-electron chi connectivity index (χ3n) is 2.23. The number of rotatable bonds is 1. The molecule has 4 heteroatoms. The highest BCUT2D eigenvalue weighted by Crippen LogP contribution is 2.20. The van der Waals surface area contributed by atoms with Crippen molar-refractivity contribution in [3.05, 3.63) is 46.4 Å². The van der Waals surface area contributed by atoms with E-state index >= 15 is 0 Å². The van der Waals surface area contributed by atoms with E-state index in [1.54, 1.807) is 18.3 Å². The van der Waals surface area contributed by atoms with Crippen LogP contribution < -0.4 is 5.32 Å². The number of nitrogens with zero attached hydrogens (tertiary/aromatic N) is 1. The zero-order valence-corrected chi connectivity index (χ0v) is 9.78. The molecule has 0 atom stereocenters. The number of hydrogen-bond acceptors (Lipinski definition) is 2. The second kappa shape index (κ2) is 4.33. The highest BCUT2D eigenvalue weighted by molar-refractivity contribution is 9.10. The zero-order valence-electron chi connectivity index (χ0n) is 8.20. The molecule has 0 radical (unpaired) electrons.